The lowest BCUT2D eigenvalue weighted by Crippen LogP contribution is -2.19. The van der Waals surface area contributed by atoms with Crippen LogP contribution in [0.3, 0.4) is 0 Å². The summed E-state index contributed by atoms with van der Waals surface area (Å²) < 4.78 is 12.9. The van der Waals surface area contributed by atoms with Crippen molar-refractivity contribution in [3.05, 3.63) is 34.6 Å². The van der Waals surface area contributed by atoms with Gasteiger partial charge in [0.2, 0.25) is 0 Å². The fourth-order valence-electron chi connectivity index (χ4n) is 1.41. The number of unbranched alkanes of at least 4 members (excludes halogenated alkanes) is 1. The fourth-order valence-corrected chi connectivity index (χ4v) is 1.60. The minimum Gasteiger partial charge on any atom is -0.310 e. The van der Waals surface area contributed by atoms with Gasteiger partial charge in [-0.15, -0.1) is 12.3 Å². The van der Waals surface area contributed by atoms with Gasteiger partial charge in [-0.05, 0) is 37.6 Å². The number of benzene rings is 1. The van der Waals surface area contributed by atoms with Gasteiger partial charge in [0.15, 0.2) is 0 Å². The van der Waals surface area contributed by atoms with Crippen LogP contribution in [0.4, 0.5) is 4.39 Å². The predicted molar refractivity (Wildman–Crippen MR) is 65.9 cm³/mol. The topological polar surface area (TPSA) is 12.0 Å². The van der Waals surface area contributed by atoms with Crippen molar-refractivity contribution >= 4 is 11.6 Å². The van der Waals surface area contributed by atoms with Crippen LogP contribution in [0.15, 0.2) is 18.2 Å². The molecule has 0 aliphatic rings. The first-order chi connectivity index (χ1) is 7.65. The predicted octanol–water partition coefficient (Wildman–Crippen LogP) is 3.54. The average Bonchev–Trinajstić information content (AvgIpc) is 2.28. The van der Waals surface area contributed by atoms with Crippen LogP contribution in [0.2, 0.25) is 5.02 Å². The summed E-state index contributed by atoms with van der Waals surface area (Å²) in [4.78, 5) is 0. The molecule has 1 N–H and O–H groups in total. The van der Waals surface area contributed by atoms with E-state index in [9.17, 15) is 4.39 Å². The standard InChI is InChI=1S/C13H15ClFN/c1-3-4-5-8-16-10(2)11-6-7-13(15)12(14)9-11/h1,6-7,9-10,16H,4-5,8H2,2H3. The highest BCUT2D eigenvalue weighted by Gasteiger charge is 2.07. The lowest BCUT2D eigenvalue weighted by molar-refractivity contribution is 0.560. The molecule has 0 heterocycles. The Labute approximate surface area is 101 Å². The lowest BCUT2D eigenvalue weighted by Gasteiger charge is -2.14. The highest BCUT2D eigenvalue weighted by atomic mass is 35.5. The number of hydrogen-bond acceptors (Lipinski definition) is 1. The van der Waals surface area contributed by atoms with E-state index < -0.39 is 0 Å². The van der Waals surface area contributed by atoms with Crippen LogP contribution in [0.1, 0.15) is 31.4 Å². The molecule has 0 radical (unpaired) electrons. The minimum atomic E-state index is -0.384. The molecule has 1 unspecified atom stereocenters. The smallest absolute Gasteiger partial charge is 0.141 e. The van der Waals surface area contributed by atoms with Crippen LogP contribution in [-0.4, -0.2) is 6.54 Å². The molecule has 16 heavy (non-hydrogen) atoms. The highest BCUT2D eigenvalue weighted by Crippen LogP contribution is 2.20. The van der Waals surface area contributed by atoms with Gasteiger partial charge in [-0.1, -0.05) is 17.7 Å². The zero-order chi connectivity index (χ0) is 12.0. The van der Waals surface area contributed by atoms with Gasteiger partial charge in [-0.2, -0.15) is 0 Å². The molecular weight excluding hydrogens is 225 g/mol. The third-order valence-electron chi connectivity index (χ3n) is 2.39. The van der Waals surface area contributed by atoms with E-state index in [1.54, 1.807) is 12.1 Å². The fraction of sp³-hybridized carbons (Fsp3) is 0.385. The first-order valence-electron chi connectivity index (χ1n) is 5.27. The molecule has 1 rings (SSSR count). The molecule has 1 nitrogen and oxygen atoms in total. The quantitative estimate of drug-likeness (QED) is 0.612. The van der Waals surface area contributed by atoms with Crippen molar-refractivity contribution in [2.24, 2.45) is 0 Å². The number of hydrogen-bond donors (Lipinski definition) is 1. The second-order valence-electron chi connectivity index (χ2n) is 3.66. The number of halogens is 2. The van der Waals surface area contributed by atoms with Gasteiger partial charge in [0.05, 0.1) is 5.02 Å². The zero-order valence-corrected chi connectivity index (χ0v) is 10.0. The Bertz CT molecular complexity index is 384. The first kappa shape index (κ1) is 13.0. The summed E-state index contributed by atoms with van der Waals surface area (Å²) in [7, 11) is 0. The van der Waals surface area contributed by atoms with E-state index in [-0.39, 0.29) is 16.9 Å². The molecule has 0 aliphatic heterocycles. The molecule has 0 saturated carbocycles. The first-order valence-corrected chi connectivity index (χ1v) is 5.64. The Balaban J connectivity index is 2.50. The van der Waals surface area contributed by atoms with Crippen LogP contribution in [-0.2, 0) is 0 Å². The van der Waals surface area contributed by atoms with E-state index in [0.29, 0.717) is 0 Å². The van der Waals surface area contributed by atoms with Gasteiger partial charge in [0.25, 0.3) is 0 Å². The zero-order valence-electron chi connectivity index (χ0n) is 9.26. The number of rotatable bonds is 5. The number of nitrogens with one attached hydrogen (secondary N) is 1. The van der Waals surface area contributed by atoms with Crippen LogP contribution in [0.5, 0.6) is 0 Å². The molecule has 86 valence electrons. The molecule has 0 bridgehead atoms. The summed E-state index contributed by atoms with van der Waals surface area (Å²) in [6.07, 6.45) is 6.86. The van der Waals surface area contributed by atoms with Crippen LogP contribution in [0.25, 0.3) is 0 Å². The Morgan fingerprint density at radius 1 is 1.56 bits per heavy atom. The maximum absolute atomic E-state index is 12.9. The summed E-state index contributed by atoms with van der Waals surface area (Å²) in [5.74, 6) is 2.20. The summed E-state index contributed by atoms with van der Waals surface area (Å²) in [5.41, 5.74) is 0.979. The third-order valence-corrected chi connectivity index (χ3v) is 2.68. The van der Waals surface area contributed by atoms with Crippen molar-refractivity contribution in [1.82, 2.24) is 5.32 Å². The molecule has 0 fully saturated rings. The van der Waals surface area contributed by atoms with E-state index in [1.807, 2.05) is 6.92 Å². The van der Waals surface area contributed by atoms with Crippen LogP contribution in [0, 0.1) is 18.2 Å². The maximum Gasteiger partial charge on any atom is 0.141 e. The number of terminal acetylenes is 1. The highest BCUT2D eigenvalue weighted by molar-refractivity contribution is 6.30. The summed E-state index contributed by atoms with van der Waals surface area (Å²) in [6, 6.07) is 4.92. The average molecular weight is 240 g/mol. The normalized spacial score (nSPS) is 12.1. The van der Waals surface area contributed by atoms with Crippen molar-refractivity contribution in [2.75, 3.05) is 6.54 Å². The maximum atomic E-state index is 12.9. The van der Waals surface area contributed by atoms with Gasteiger partial charge in [0, 0.05) is 12.5 Å². The van der Waals surface area contributed by atoms with Crippen molar-refractivity contribution in [3.8, 4) is 12.3 Å². The Morgan fingerprint density at radius 3 is 2.94 bits per heavy atom. The monoisotopic (exact) mass is 239 g/mol. The lowest BCUT2D eigenvalue weighted by atomic mass is 10.1. The van der Waals surface area contributed by atoms with Gasteiger partial charge < -0.3 is 5.32 Å². The molecule has 1 atom stereocenters. The third kappa shape index (κ3) is 3.84. The second kappa shape index (κ2) is 6.52. The van der Waals surface area contributed by atoms with E-state index in [1.165, 1.54) is 6.07 Å². The molecule has 0 spiro atoms. The minimum absolute atomic E-state index is 0.149. The Hall–Kier alpha value is -1.04. The molecule has 1 aromatic carbocycles. The van der Waals surface area contributed by atoms with Crippen molar-refractivity contribution < 1.29 is 4.39 Å². The summed E-state index contributed by atoms with van der Waals surface area (Å²) >= 11 is 5.71. The molecular formula is C13H15ClFN. The van der Waals surface area contributed by atoms with Crippen molar-refractivity contribution in [3.63, 3.8) is 0 Å². The van der Waals surface area contributed by atoms with Gasteiger partial charge in [-0.25, -0.2) is 4.39 Å². The SMILES string of the molecule is C#CCCCNC(C)c1ccc(F)c(Cl)c1. The molecule has 0 aromatic heterocycles. The molecule has 3 heteroatoms. The van der Waals surface area contributed by atoms with E-state index in [2.05, 4.69) is 11.2 Å². The van der Waals surface area contributed by atoms with Gasteiger partial charge in [0.1, 0.15) is 5.82 Å². The molecule has 1 aromatic rings. The van der Waals surface area contributed by atoms with E-state index in [4.69, 9.17) is 18.0 Å². The Kier molecular flexibility index (Phi) is 5.31. The van der Waals surface area contributed by atoms with E-state index in [0.717, 1.165) is 24.9 Å². The summed E-state index contributed by atoms with van der Waals surface area (Å²) in [6.45, 7) is 2.86. The molecule has 0 amide bonds. The molecule has 0 aliphatic carbocycles. The Morgan fingerprint density at radius 2 is 2.31 bits per heavy atom. The molecule has 0 saturated heterocycles. The summed E-state index contributed by atoms with van der Waals surface area (Å²) in [5, 5.41) is 3.47. The second-order valence-corrected chi connectivity index (χ2v) is 4.06. The van der Waals surface area contributed by atoms with Crippen molar-refractivity contribution in [2.45, 2.75) is 25.8 Å². The van der Waals surface area contributed by atoms with Crippen LogP contribution >= 0.6 is 11.6 Å². The van der Waals surface area contributed by atoms with Gasteiger partial charge in [-0.3, -0.25) is 0 Å². The van der Waals surface area contributed by atoms with Gasteiger partial charge >= 0.3 is 0 Å². The van der Waals surface area contributed by atoms with Crippen LogP contribution < -0.4 is 5.32 Å². The van der Waals surface area contributed by atoms with E-state index >= 15 is 0 Å². The largest absolute Gasteiger partial charge is 0.310 e. The van der Waals surface area contributed by atoms with Crippen molar-refractivity contribution in [1.29, 1.82) is 0 Å².